The fraction of sp³-hybridized carbons (Fsp3) is 0.562. The highest BCUT2D eigenvalue weighted by Crippen LogP contribution is 2.40. The Morgan fingerprint density at radius 3 is 2.26 bits per heavy atom. The first-order valence-corrected chi connectivity index (χ1v) is 7.16. The van der Waals surface area contributed by atoms with Crippen LogP contribution < -0.4 is 0 Å². The molecule has 0 radical (unpaired) electrons. The van der Waals surface area contributed by atoms with E-state index in [0.717, 1.165) is 17.3 Å². The van der Waals surface area contributed by atoms with Gasteiger partial charge in [0.05, 0.1) is 31.7 Å². The van der Waals surface area contributed by atoms with E-state index in [-0.39, 0.29) is 12.1 Å². The van der Waals surface area contributed by atoms with Gasteiger partial charge in [0.1, 0.15) is 6.10 Å². The van der Waals surface area contributed by atoms with Crippen LogP contribution in [0.3, 0.4) is 0 Å². The van der Waals surface area contributed by atoms with E-state index in [2.05, 4.69) is 14.1 Å². The Balaban J connectivity index is 1.65. The first-order chi connectivity index (χ1) is 9.07. The monoisotopic (exact) mass is 260 g/mol. The van der Waals surface area contributed by atoms with Crippen molar-refractivity contribution in [3.63, 3.8) is 0 Å². The summed E-state index contributed by atoms with van der Waals surface area (Å²) in [4.78, 5) is 12.1. The molecule has 2 aliphatic heterocycles. The van der Waals surface area contributed by atoms with Gasteiger partial charge in [-0.15, -0.1) is 0 Å². The van der Waals surface area contributed by atoms with Crippen molar-refractivity contribution < 1.29 is 14.0 Å². The number of ether oxygens (including phenoxy) is 1. The van der Waals surface area contributed by atoms with E-state index in [4.69, 9.17) is 4.74 Å². The molecule has 2 saturated heterocycles. The summed E-state index contributed by atoms with van der Waals surface area (Å²) in [6.07, 6.45) is 4.69. The zero-order valence-corrected chi connectivity index (χ0v) is 11.7. The van der Waals surface area contributed by atoms with Crippen LogP contribution in [0.25, 0.3) is 0 Å². The zero-order valence-electron chi connectivity index (χ0n) is 11.7. The lowest BCUT2D eigenvalue weighted by Gasteiger charge is -2.43. The topological polar surface area (TPSA) is 26.3 Å². The summed E-state index contributed by atoms with van der Waals surface area (Å²) in [5, 5.41) is 0. The second-order valence-electron chi connectivity index (χ2n) is 6.38. The number of hydrogen-bond acceptors (Lipinski definition) is 2. The summed E-state index contributed by atoms with van der Waals surface area (Å²) >= 11 is 0. The normalized spacial score (nSPS) is 32.0. The summed E-state index contributed by atoms with van der Waals surface area (Å²) in [6, 6.07) is 10.6. The minimum atomic E-state index is -0.169. The van der Waals surface area contributed by atoms with Crippen LogP contribution in [0, 0.1) is 0 Å². The molecule has 2 fully saturated rings. The molecule has 0 aromatic heterocycles. The molecule has 0 spiro atoms. The Morgan fingerprint density at radius 1 is 1.11 bits per heavy atom. The largest absolute Gasteiger partial charge is 0.458 e. The standard InChI is InChI=1S/C16H22NO2/c1-17(2)13-8-9-14(17)11-15(10-13)19-16(18)12-6-4-3-5-7-12/h3-7,13-15H,8-11H2,1-2H3/q+1. The van der Waals surface area contributed by atoms with Crippen LogP contribution in [0.4, 0.5) is 0 Å². The van der Waals surface area contributed by atoms with Gasteiger partial charge in [-0.2, -0.15) is 0 Å². The lowest BCUT2D eigenvalue weighted by Crippen LogP contribution is -2.56. The predicted molar refractivity (Wildman–Crippen MR) is 73.8 cm³/mol. The maximum atomic E-state index is 12.1. The number of benzene rings is 1. The zero-order chi connectivity index (χ0) is 13.5. The molecule has 2 atom stereocenters. The van der Waals surface area contributed by atoms with Crippen molar-refractivity contribution in [2.75, 3.05) is 14.1 Å². The molecule has 2 heterocycles. The van der Waals surface area contributed by atoms with Crippen molar-refractivity contribution in [3.05, 3.63) is 35.9 Å². The summed E-state index contributed by atoms with van der Waals surface area (Å²) in [7, 11) is 4.63. The van der Waals surface area contributed by atoms with Crippen LogP contribution in [0.5, 0.6) is 0 Å². The smallest absolute Gasteiger partial charge is 0.338 e. The molecule has 2 aliphatic rings. The first-order valence-electron chi connectivity index (χ1n) is 7.16. The molecule has 0 aliphatic carbocycles. The van der Waals surface area contributed by atoms with Crippen LogP contribution in [-0.4, -0.2) is 42.7 Å². The molecule has 1 aromatic rings. The van der Waals surface area contributed by atoms with E-state index in [9.17, 15) is 4.79 Å². The van der Waals surface area contributed by atoms with Gasteiger partial charge in [0, 0.05) is 25.7 Å². The molecule has 1 aromatic carbocycles. The molecule has 102 valence electrons. The van der Waals surface area contributed by atoms with Gasteiger partial charge in [-0.1, -0.05) is 18.2 Å². The van der Waals surface area contributed by atoms with Crippen LogP contribution in [0.15, 0.2) is 30.3 Å². The lowest BCUT2D eigenvalue weighted by molar-refractivity contribution is -0.931. The van der Waals surface area contributed by atoms with Gasteiger partial charge in [-0.05, 0) is 12.1 Å². The van der Waals surface area contributed by atoms with Gasteiger partial charge >= 0.3 is 5.97 Å². The molecule has 3 heteroatoms. The fourth-order valence-electron chi connectivity index (χ4n) is 3.72. The SMILES string of the molecule is C[N+]1(C)C2CCC1CC(OC(=O)c1ccccc1)C2. The number of rotatable bonds is 2. The number of nitrogens with zero attached hydrogens (tertiary/aromatic N) is 1. The molecule has 0 amide bonds. The average molecular weight is 260 g/mol. The molecule has 0 saturated carbocycles. The first kappa shape index (κ1) is 12.7. The highest BCUT2D eigenvalue weighted by molar-refractivity contribution is 5.89. The summed E-state index contributed by atoms with van der Waals surface area (Å²) in [6.45, 7) is 0. The number of quaternary nitrogens is 1. The molecular formula is C16H22NO2+. The number of carbonyl (C=O) groups excluding carboxylic acids is 1. The molecule has 3 rings (SSSR count). The molecule has 2 unspecified atom stereocenters. The Kier molecular flexibility index (Phi) is 3.09. The number of carbonyl (C=O) groups is 1. The van der Waals surface area contributed by atoms with Crippen LogP contribution in [0.1, 0.15) is 36.0 Å². The highest BCUT2D eigenvalue weighted by Gasteiger charge is 2.49. The summed E-state index contributed by atoms with van der Waals surface area (Å²) in [5.74, 6) is -0.169. The van der Waals surface area contributed by atoms with Crippen LogP contribution >= 0.6 is 0 Å². The fourth-order valence-corrected chi connectivity index (χ4v) is 3.72. The maximum absolute atomic E-state index is 12.1. The van der Waals surface area contributed by atoms with Gasteiger partial charge in [-0.3, -0.25) is 0 Å². The highest BCUT2D eigenvalue weighted by atomic mass is 16.5. The Bertz CT molecular complexity index is 453. The van der Waals surface area contributed by atoms with Crippen molar-refractivity contribution in [1.82, 2.24) is 0 Å². The third-order valence-corrected chi connectivity index (χ3v) is 5.07. The van der Waals surface area contributed by atoms with Crippen molar-refractivity contribution in [2.24, 2.45) is 0 Å². The number of fused-ring (bicyclic) bond motifs is 2. The van der Waals surface area contributed by atoms with Crippen molar-refractivity contribution in [2.45, 2.75) is 43.9 Å². The molecule has 3 nitrogen and oxygen atoms in total. The van der Waals surface area contributed by atoms with Crippen molar-refractivity contribution >= 4 is 5.97 Å². The minimum Gasteiger partial charge on any atom is -0.458 e. The van der Waals surface area contributed by atoms with Crippen LogP contribution in [0.2, 0.25) is 0 Å². The lowest BCUT2D eigenvalue weighted by atomic mass is 9.98. The second kappa shape index (κ2) is 4.64. The molecular weight excluding hydrogens is 238 g/mol. The summed E-state index contributed by atoms with van der Waals surface area (Å²) < 4.78 is 6.81. The number of esters is 1. The molecule has 0 N–H and O–H groups in total. The molecule has 2 bridgehead atoms. The Morgan fingerprint density at radius 2 is 1.68 bits per heavy atom. The van der Waals surface area contributed by atoms with E-state index in [0.29, 0.717) is 17.6 Å². The van der Waals surface area contributed by atoms with Crippen molar-refractivity contribution in [1.29, 1.82) is 0 Å². The Hall–Kier alpha value is -1.35. The van der Waals surface area contributed by atoms with E-state index < -0.39 is 0 Å². The van der Waals surface area contributed by atoms with E-state index >= 15 is 0 Å². The summed E-state index contributed by atoms with van der Waals surface area (Å²) in [5.41, 5.74) is 0.661. The average Bonchev–Trinajstić information content (AvgIpc) is 2.58. The van der Waals surface area contributed by atoms with E-state index in [1.807, 2.05) is 30.3 Å². The van der Waals surface area contributed by atoms with Gasteiger partial charge in [-0.25, -0.2) is 4.79 Å². The van der Waals surface area contributed by atoms with Gasteiger partial charge in [0.2, 0.25) is 0 Å². The predicted octanol–water partition coefficient (Wildman–Crippen LogP) is 2.61. The van der Waals surface area contributed by atoms with Crippen molar-refractivity contribution in [3.8, 4) is 0 Å². The van der Waals surface area contributed by atoms with Crippen LogP contribution in [-0.2, 0) is 4.74 Å². The second-order valence-corrected chi connectivity index (χ2v) is 6.38. The number of hydrogen-bond donors (Lipinski definition) is 0. The van der Waals surface area contributed by atoms with Gasteiger partial charge in [0.25, 0.3) is 0 Å². The van der Waals surface area contributed by atoms with Gasteiger partial charge < -0.3 is 9.22 Å². The third kappa shape index (κ3) is 2.27. The van der Waals surface area contributed by atoms with E-state index in [1.54, 1.807) is 0 Å². The van der Waals surface area contributed by atoms with Gasteiger partial charge in [0.15, 0.2) is 0 Å². The van der Waals surface area contributed by atoms with E-state index in [1.165, 1.54) is 12.8 Å². The Labute approximate surface area is 114 Å². The maximum Gasteiger partial charge on any atom is 0.338 e. The minimum absolute atomic E-state index is 0.108. The quantitative estimate of drug-likeness (QED) is 0.603. The molecule has 19 heavy (non-hydrogen) atoms. The third-order valence-electron chi connectivity index (χ3n) is 5.07. The number of piperidine rings is 1.